The van der Waals surface area contributed by atoms with Crippen LogP contribution < -0.4 is 0 Å². The third-order valence-electron chi connectivity index (χ3n) is 2.62. The van der Waals surface area contributed by atoms with E-state index in [1.54, 1.807) is 6.92 Å². The fourth-order valence-corrected chi connectivity index (χ4v) is 2.00. The molecule has 0 fully saturated rings. The van der Waals surface area contributed by atoms with E-state index in [1.807, 2.05) is 6.07 Å². The van der Waals surface area contributed by atoms with E-state index in [0.29, 0.717) is 0 Å². The van der Waals surface area contributed by atoms with Crippen molar-refractivity contribution in [3.8, 4) is 11.1 Å². The summed E-state index contributed by atoms with van der Waals surface area (Å²) >= 11 is 0. The standard InChI is InChI=1S/C13H9.C2H5.Ru/c1-3-7-12-10(5-1)9-11-6-2-4-8-13(11)12;1-2;/h1-5,7-8H,9H2;1H2,2H3;/q2*-1;+2. The van der Waals surface area contributed by atoms with Gasteiger partial charge in [0.2, 0.25) is 0 Å². The number of rotatable bonds is 0. The van der Waals surface area contributed by atoms with Gasteiger partial charge in [-0.2, -0.15) is 36.8 Å². The van der Waals surface area contributed by atoms with Crippen LogP contribution in [0.5, 0.6) is 0 Å². The average molecular weight is 295 g/mol. The zero-order chi connectivity index (χ0) is 10.7. The molecule has 1 heteroatoms. The molecule has 82 valence electrons. The number of fused-ring (bicyclic) bond motifs is 3. The summed E-state index contributed by atoms with van der Waals surface area (Å²) in [4.78, 5) is 0. The topological polar surface area (TPSA) is 0 Å². The van der Waals surface area contributed by atoms with Crippen molar-refractivity contribution >= 4 is 0 Å². The molecule has 0 amide bonds. The molecule has 0 saturated heterocycles. The Morgan fingerprint density at radius 2 is 1.69 bits per heavy atom. The predicted molar refractivity (Wildman–Crippen MR) is 64.6 cm³/mol. The van der Waals surface area contributed by atoms with Gasteiger partial charge in [0.05, 0.1) is 0 Å². The Balaban J connectivity index is 0.000000406. The summed E-state index contributed by atoms with van der Waals surface area (Å²) in [5, 5.41) is 0. The first-order chi connectivity index (χ1) is 7.45. The largest absolute Gasteiger partial charge is 2.00 e. The summed E-state index contributed by atoms with van der Waals surface area (Å²) in [6.07, 6.45) is 1.05. The van der Waals surface area contributed by atoms with Crippen molar-refractivity contribution in [2.24, 2.45) is 0 Å². The molecule has 1 aliphatic carbocycles. The smallest absolute Gasteiger partial charge is 0.346 e. The van der Waals surface area contributed by atoms with Crippen LogP contribution in [-0.2, 0) is 25.9 Å². The Morgan fingerprint density at radius 1 is 1.00 bits per heavy atom. The molecule has 0 nitrogen and oxygen atoms in total. The number of hydrogen-bond acceptors (Lipinski definition) is 0. The SMILES string of the molecule is [CH2-]C.[Ru+2].[c-]1cccc2c1Cc1ccccc1-2. The van der Waals surface area contributed by atoms with E-state index in [1.165, 1.54) is 22.3 Å². The van der Waals surface area contributed by atoms with Gasteiger partial charge in [0.15, 0.2) is 0 Å². The van der Waals surface area contributed by atoms with Crippen LogP contribution in [0, 0.1) is 13.0 Å². The van der Waals surface area contributed by atoms with Gasteiger partial charge in [0.1, 0.15) is 0 Å². The summed E-state index contributed by atoms with van der Waals surface area (Å²) in [6.45, 7) is 5.00. The van der Waals surface area contributed by atoms with E-state index in [9.17, 15) is 0 Å². The fourth-order valence-electron chi connectivity index (χ4n) is 2.00. The van der Waals surface area contributed by atoms with E-state index in [0.717, 1.165) is 6.42 Å². The normalized spacial score (nSPS) is 10.4. The molecule has 0 spiro atoms. The zero-order valence-corrected chi connectivity index (χ0v) is 11.0. The Morgan fingerprint density at radius 3 is 2.50 bits per heavy atom. The number of hydrogen-bond donors (Lipinski definition) is 0. The van der Waals surface area contributed by atoms with E-state index in [-0.39, 0.29) is 19.5 Å². The summed E-state index contributed by atoms with van der Waals surface area (Å²) in [5.41, 5.74) is 5.51. The van der Waals surface area contributed by atoms with Gasteiger partial charge in [-0.1, -0.05) is 35.4 Å². The first-order valence-electron chi connectivity index (χ1n) is 5.24. The fraction of sp³-hybridized carbons (Fsp3) is 0.133. The van der Waals surface area contributed by atoms with Crippen LogP contribution in [-0.4, -0.2) is 0 Å². The average Bonchev–Trinajstić information content (AvgIpc) is 2.70. The van der Waals surface area contributed by atoms with Crippen LogP contribution in [0.3, 0.4) is 0 Å². The van der Waals surface area contributed by atoms with Crippen LogP contribution >= 0.6 is 0 Å². The summed E-state index contributed by atoms with van der Waals surface area (Å²) in [6, 6.07) is 18.1. The third-order valence-corrected chi connectivity index (χ3v) is 2.62. The minimum Gasteiger partial charge on any atom is -0.346 e. The Hall–Kier alpha value is -0.937. The van der Waals surface area contributed by atoms with Gasteiger partial charge in [0, 0.05) is 0 Å². The molecule has 0 heterocycles. The molecule has 0 aromatic heterocycles. The molecular formula is C15H14Ru. The second-order valence-corrected chi connectivity index (χ2v) is 3.40. The van der Waals surface area contributed by atoms with Gasteiger partial charge in [-0.3, -0.25) is 0 Å². The molecule has 16 heavy (non-hydrogen) atoms. The molecule has 0 unspecified atom stereocenters. The van der Waals surface area contributed by atoms with E-state index in [2.05, 4.69) is 49.4 Å². The maximum atomic E-state index is 3.30. The summed E-state index contributed by atoms with van der Waals surface area (Å²) < 4.78 is 0. The van der Waals surface area contributed by atoms with E-state index < -0.39 is 0 Å². The molecule has 2 aromatic rings. The first-order valence-corrected chi connectivity index (χ1v) is 5.24. The quantitative estimate of drug-likeness (QED) is 0.436. The summed E-state index contributed by atoms with van der Waals surface area (Å²) in [7, 11) is 0. The van der Waals surface area contributed by atoms with Gasteiger partial charge >= 0.3 is 19.5 Å². The maximum absolute atomic E-state index is 3.30. The van der Waals surface area contributed by atoms with Crippen LogP contribution in [0.2, 0.25) is 0 Å². The molecule has 1 aliphatic rings. The Labute approximate surface area is 110 Å². The molecular weight excluding hydrogens is 281 g/mol. The summed E-state index contributed by atoms with van der Waals surface area (Å²) in [5.74, 6) is 0. The van der Waals surface area contributed by atoms with Crippen molar-refractivity contribution in [1.82, 2.24) is 0 Å². The van der Waals surface area contributed by atoms with Crippen molar-refractivity contribution in [3.05, 3.63) is 66.6 Å². The van der Waals surface area contributed by atoms with Crippen molar-refractivity contribution in [1.29, 1.82) is 0 Å². The van der Waals surface area contributed by atoms with Gasteiger partial charge < -0.3 is 6.92 Å². The molecule has 2 aromatic carbocycles. The molecule has 0 bridgehead atoms. The van der Waals surface area contributed by atoms with Gasteiger partial charge in [-0.05, 0) is 6.42 Å². The van der Waals surface area contributed by atoms with Crippen LogP contribution in [0.1, 0.15) is 18.1 Å². The monoisotopic (exact) mass is 296 g/mol. The van der Waals surface area contributed by atoms with E-state index in [4.69, 9.17) is 0 Å². The molecule has 0 atom stereocenters. The third kappa shape index (κ3) is 2.25. The Kier molecular flexibility index (Phi) is 4.89. The maximum Gasteiger partial charge on any atom is 2.00 e. The van der Waals surface area contributed by atoms with E-state index >= 15 is 0 Å². The predicted octanol–water partition coefficient (Wildman–Crippen LogP) is 3.90. The minimum atomic E-state index is 0. The number of benzene rings is 2. The first kappa shape index (κ1) is 13.1. The Bertz CT molecular complexity index is 417. The molecule has 0 aliphatic heterocycles. The van der Waals surface area contributed by atoms with Crippen LogP contribution in [0.25, 0.3) is 11.1 Å². The molecule has 0 N–H and O–H groups in total. The van der Waals surface area contributed by atoms with Crippen molar-refractivity contribution in [3.63, 3.8) is 0 Å². The van der Waals surface area contributed by atoms with Crippen molar-refractivity contribution in [2.45, 2.75) is 13.3 Å². The second kappa shape index (κ2) is 5.96. The van der Waals surface area contributed by atoms with Gasteiger partial charge in [-0.15, -0.1) is 5.56 Å². The molecule has 0 radical (unpaired) electrons. The van der Waals surface area contributed by atoms with Crippen molar-refractivity contribution < 1.29 is 19.5 Å². The van der Waals surface area contributed by atoms with Crippen LogP contribution in [0.4, 0.5) is 0 Å². The van der Waals surface area contributed by atoms with Crippen molar-refractivity contribution in [2.75, 3.05) is 0 Å². The second-order valence-electron chi connectivity index (χ2n) is 3.40. The van der Waals surface area contributed by atoms with Gasteiger partial charge in [0.25, 0.3) is 0 Å². The minimum absolute atomic E-state index is 0. The van der Waals surface area contributed by atoms with Crippen LogP contribution in [0.15, 0.2) is 42.5 Å². The molecule has 0 saturated carbocycles. The molecule has 3 rings (SSSR count). The van der Waals surface area contributed by atoms with Gasteiger partial charge in [-0.25, -0.2) is 0 Å². The zero-order valence-electron chi connectivity index (χ0n) is 9.31.